The van der Waals surface area contributed by atoms with Crippen molar-refractivity contribution in [1.29, 1.82) is 0 Å². The molecule has 0 radical (unpaired) electrons. The molecule has 3 nitrogen and oxygen atoms in total. The number of carbonyl (C=O) groups is 1. The highest BCUT2D eigenvalue weighted by atomic mass is 79.9. The number of alkyl halides is 1. The lowest BCUT2D eigenvalue weighted by molar-refractivity contribution is -0.121. The molecule has 0 bridgehead atoms. The summed E-state index contributed by atoms with van der Waals surface area (Å²) in [5.74, 6) is 1.28. The van der Waals surface area contributed by atoms with Gasteiger partial charge in [0.15, 0.2) is 0 Å². The third-order valence-corrected chi connectivity index (χ3v) is 4.03. The highest BCUT2D eigenvalue weighted by molar-refractivity contribution is 9.09. The van der Waals surface area contributed by atoms with E-state index >= 15 is 0 Å². The van der Waals surface area contributed by atoms with Crippen LogP contribution in [-0.2, 0) is 11.2 Å². The lowest BCUT2D eigenvalue weighted by Crippen LogP contribution is -2.38. The number of methoxy groups -OCH3 is 1. The van der Waals surface area contributed by atoms with Crippen molar-refractivity contribution in [3.8, 4) is 5.75 Å². The molecule has 0 aliphatic carbocycles. The van der Waals surface area contributed by atoms with Crippen LogP contribution in [0.25, 0.3) is 0 Å². The Morgan fingerprint density at radius 2 is 1.94 bits per heavy atom. The van der Waals surface area contributed by atoms with Crippen LogP contribution in [0.15, 0.2) is 24.3 Å². The van der Waals surface area contributed by atoms with Gasteiger partial charge in [0.2, 0.25) is 5.91 Å². The van der Waals surface area contributed by atoms with Gasteiger partial charge in [-0.25, -0.2) is 0 Å². The molecule has 2 atom stereocenters. The van der Waals surface area contributed by atoms with Gasteiger partial charge in [0.05, 0.1) is 13.5 Å². The van der Waals surface area contributed by atoms with Crippen LogP contribution in [0, 0.1) is 5.92 Å². The monoisotopic (exact) mass is 313 g/mol. The Morgan fingerprint density at radius 1 is 1.33 bits per heavy atom. The first-order valence-electron chi connectivity index (χ1n) is 6.05. The van der Waals surface area contributed by atoms with E-state index in [-0.39, 0.29) is 11.9 Å². The normalized spacial score (nSPS) is 13.8. The Labute approximate surface area is 117 Å². The third kappa shape index (κ3) is 4.69. The Morgan fingerprint density at radius 3 is 2.44 bits per heavy atom. The van der Waals surface area contributed by atoms with Crippen molar-refractivity contribution >= 4 is 21.8 Å². The molecule has 0 aliphatic rings. The highest BCUT2D eigenvalue weighted by Gasteiger charge is 2.13. The van der Waals surface area contributed by atoms with Crippen LogP contribution in [0.1, 0.15) is 19.4 Å². The highest BCUT2D eigenvalue weighted by Crippen LogP contribution is 2.12. The fourth-order valence-electron chi connectivity index (χ4n) is 1.51. The fraction of sp³-hybridized carbons (Fsp3) is 0.500. The number of hydrogen-bond acceptors (Lipinski definition) is 2. The van der Waals surface area contributed by atoms with Crippen molar-refractivity contribution < 1.29 is 9.53 Å². The number of halogens is 1. The maximum Gasteiger partial charge on any atom is 0.224 e. The van der Waals surface area contributed by atoms with Gasteiger partial charge in [-0.15, -0.1) is 0 Å². The molecule has 100 valence electrons. The second kappa shape index (κ2) is 7.41. The van der Waals surface area contributed by atoms with E-state index in [9.17, 15) is 4.79 Å². The van der Waals surface area contributed by atoms with Crippen LogP contribution in [0.3, 0.4) is 0 Å². The molecular formula is C14H20BrNO2. The molecule has 0 saturated carbocycles. The van der Waals surface area contributed by atoms with Gasteiger partial charge >= 0.3 is 0 Å². The Bertz CT molecular complexity index is 378. The molecule has 1 aromatic carbocycles. The van der Waals surface area contributed by atoms with Gasteiger partial charge in [0.1, 0.15) is 5.75 Å². The summed E-state index contributed by atoms with van der Waals surface area (Å²) >= 11 is 3.42. The fourth-order valence-corrected chi connectivity index (χ4v) is 2.07. The summed E-state index contributed by atoms with van der Waals surface area (Å²) in [4.78, 5) is 11.8. The molecule has 0 aliphatic heterocycles. The molecule has 2 unspecified atom stereocenters. The second-order valence-corrected chi connectivity index (χ2v) is 5.16. The Hall–Kier alpha value is -1.03. The Balaban J connectivity index is 2.48. The zero-order chi connectivity index (χ0) is 13.5. The predicted octanol–water partition coefficient (Wildman–Crippen LogP) is 2.77. The summed E-state index contributed by atoms with van der Waals surface area (Å²) in [6, 6.07) is 7.74. The van der Waals surface area contributed by atoms with Crippen molar-refractivity contribution in [2.24, 2.45) is 5.92 Å². The molecule has 1 aromatic rings. The van der Waals surface area contributed by atoms with E-state index in [2.05, 4.69) is 28.2 Å². The maximum atomic E-state index is 11.8. The topological polar surface area (TPSA) is 38.3 Å². The lowest BCUT2D eigenvalue weighted by Gasteiger charge is -2.19. The zero-order valence-corrected chi connectivity index (χ0v) is 12.7. The second-order valence-electron chi connectivity index (χ2n) is 4.51. The summed E-state index contributed by atoms with van der Waals surface area (Å²) in [5.41, 5.74) is 0.993. The third-order valence-electron chi connectivity index (χ3n) is 3.01. The minimum absolute atomic E-state index is 0.0560. The van der Waals surface area contributed by atoms with E-state index in [0.29, 0.717) is 12.3 Å². The smallest absolute Gasteiger partial charge is 0.224 e. The molecule has 0 heterocycles. The summed E-state index contributed by atoms with van der Waals surface area (Å²) in [5, 5.41) is 3.89. The van der Waals surface area contributed by atoms with Crippen molar-refractivity contribution in [2.45, 2.75) is 26.3 Å². The van der Waals surface area contributed by atoms with Gasteiger partial charge in [0.25, 0.3) is 0 Å². The van der Waals surface area contributed by atoms with Crippen LogP contribution < -0.4 is 10.1 Å². The van der Waals surface area contributed by atoms with Crippen molar-refractivity contribution in [2.75, 3.05) is 12.4 Å². The molecule has 1 amide bonds. The molecule has 0 aromatic heterocycles. The first-order chi connectivity index (χ1) is 8.56. The number of hydrogen-bond donors (Lipinski definition) is 1. The van der Waals surface area contributed by atoms with E-state index in [1.165, 1.54) is 0 Å². The van der Waals surface area contributed by atoms with Gasteiger partial charge in [0, 0.05) is 11.4 Å². The lowest BCUT2D eigenvalue weighted by atomic mass is 10.1. The molecular weight excluding hydrogens is 294 g/mol. The molecule has 0 saturated heterocycles. The van der Waals surface area contributed by atoms with Gasteiger partial charge in [-0.05, 0) is 30.5 Å². The van der Waals surface area contributed by atoms with Crippen LogP contribution in [0.5, 0.6) is 5.75 Å². The molecule has 1 rings (SSSR count). The van der Waals surface area contributed by atoms with E-state index in [1.807, 2.05) is 31.2 Å². The standard InChI is InChI=1S/C14H20BrNO2/c1-10(9-15)11(2)16-14(17)8-12-4-6-13(18-3)7-5-12/h4-7,10-11H,8-9H2,1-3H3,(H,16,17). The van der Waals surface area contributed by atoms with Crippen LogP contribution >= 0.6 is 15.9 Å². The predicted molar refractivity (Wildman–Crippen MR) is 77.3 cm³/mol. The van der Waals surface area contributed by atoms with Crippen molar-refractivity contribution in [3.63, 3.8) is 0 Å². The first kappa shape index (κ1) is 15.0. The average Bonchev–Trinajstić information content (AvgIpc) is 2.38. The largest absolute Gasteiger partial charge is 0.497 e. The summed E-state index contributed by atoms with van der Waals surface area (Å²) in [7, 11) is 1.63. The maximum absolute atomic E-state index is 11.8. The van der Waals surface area contributed by atoms with E-state index in [0.717, 1.165) is 16.6 Å². The summed E-state index contributed by atoms with van der Waals surface area (Å²) < 4.78 is 5.08. The van der Waals surface area contributed by atoms with E-state index < -0.39 is 0 Å². The first-order valence-corrected chi connectivity index (χ1v) is 7.17. The van der Waals surface area contributed by atoms with Crippen molar-refractivity contribution in [1.82, 2.24) is 5.32 Å². The molecule has 1 N–H and O–H groups in total. The van der Waals surface area contributed by atoms with Gasteiger partial charge in [-0.3, -0.25) is 4.79 Å². The van der Waals surface area contributed by atoms with Crippen LogP contribution in [-0.4, -0.2) is 24.4 Å². The Kier molecular flexibility index (Phi) is 6.19. The van der Waals surface area contributed by atoms with E-state index in [1.54, 1.807) is 7.11 Å². The molecule has 0 spiro atoms. The molecule has 18 heavy (non-hydrogen) atoms. The van der Waals surface area contributed by atoms with Gasteiger partial charge in [-0.1, -0.05) is 35.0 Å². The number of ether oxygens (including phenoxy) is 1. The number of rotatable bonds is 6. The van der Waals surface area contributed by atoms with Crippen LogP contribution in [0.2, 0.25) is 0 Å². The minimum atomic E-state index is 0.0560. The number of nitrogens with one attached hydrogen (secondary N) is 1. The van der Waals surface area contributed by atoms with Crippen LogP contribution in [0.4, 0.5) is 0 Å². The quantitative estimate of drug-likeness (QED) is 0.820. The van der Waals surface area contributed by atoms with Gasteiger partial charge < -0.3 is 10.1 Å². The number of amides is 1. The average molecular weight is 314 g/mol. The van der Waals surface area contributed by atoms with Crippen molar-refractivity contribution in [3.05, 3.63) is 29.8 Å². The zero-order valence-electron chi connectivity index (χ0n) is 11.1. The molecule has 4 heteroatoms. The SMILES string of the molecule is COc1ccc(CC(=O)NC(C)C(C)CBr)cc1. The van der Waals surface area contributed by atoms with E-state index in [4.69, 9.17) is 4.74 Å². The summed E-state index contributed by atoms with van der Waals surface area (Å²) in [6.07, 6.45) is 0.406. The number of carbonyl (C=O) groups excluding carboxylic acids is 1. The molecule has 0 fully saturated rings. The van der Waals surface area contributed by atoms with Gasteiger partial charge in [-0.2, -0.15) is 0 Å². The minimum Gasteiger partial charge on any atom is -0.497 e. The summed E-state index contributed by atoms with van der Waals surface area (Å²) in [6.45, 7) is 4.13. The number of benzene rings is 1.